The molecule has 1 nitrogen and oxygen atoms in total. The molecule has 0 aromatic heterocycles. The molecule has 0 bridgehead atoms. The van der Waals surface area contributed by atoms with E-state index in [1.165, 1.54) is 0 Å². The lowest BCUT2D eigenvalue weighted by molar-refractivity contribution is 0.472. The van der Waals surface area contributed by atoms with Crippen LogP contribution in [0.4, 0.5) is 0 Å². The average Bonchev–Trinajstić information content (AvgIpc) is 2.66. The Bertz CT molecular complexity index is 871. The van der Waals surface area contributed by atoms with Crippen LogP contribution in [0.1, 0.15) is 41.7 Å². The zero-order valence-electron chi connectivity index (χ0n) is 15.5. The van der Waals surface area contributed by atoms with Gasteiger partial charge >= 0.3 is 0 Å². The highest BCUT2D eigenvalue weighted by Gasteiger charge is 2.07. The average molecular weight is 340 g/mol. The van der Waals surface area contributed by atoms with E-state index in [0.29, 0.717) is 5.75 Å². The Morgan fingerprint density at radius 1 is 0.692 bits per heavy atom. The van der Waals surface area contributed by atoms with Crippen molar-refractivity contribution in [3.63, 3.8) is 0 Å². The summed E-state index contributed by atoms with van der Waals surface area (Å²) in [6, 6.07) is 24.5. The number of allylic oxidation sites excluding steroid dienone is 2. The van der Waals surface area contributed by atoms with Crippen molar-refractivity contribution in [1.82, 2.24) is 0 Å². The molecule has 0 radical (unpaired) electrons. The Balaban J connectivity index is 2.02. The van der Waals surface area contributed by atoms with Crippen molar-refractivity contribution in [2.45, 2.75) is 20.8 Å². The minimum atomic E-state index is 0.321. The summed E-state index contributed by atoms with van der Waals surface area (Å²) in [7, 11) is 0. The third-order valence-corrected chi connectivity index (χ3v) is 4.52. The lowest BCUT2D eigenvalue weighted by atomic mass is 9.98. The Kier molecular flexibility index (Phi) is 5.38. The van der Waals surface area contributed by atoms with Gasteiger partial charge in [-0.05, 0) is 72.9 Å². The van der Waals surface area contributed by atoms with E-state index in [9.17, 15) is 5.11 Å². The second-order valence-corrected chi connectivity index (χ2v) is 6.68. The van der Waals surface area contributed by atoms with Crippen LogP contribution in [-0.4, -0.2) is 5.11 Å². The Morgan fingerprint density at radius 3 is 1.46 bits per heavy atom. The lowest BCUT2D eigenvalue weighted by Crippen LogP contribution is -1.87. The van der Waals surface area contributed by atoms with Crippen LogP contribution in [0.5, 0.6) is 5.75 Å². The molecule has 0 aliphatic heterocycles. The van der Waals surface area contributed by atoms with Crippen molar-refractivity contribution in [2.75, 3.05) is 0 Å². The van der Waals surface area contributed by atoms with Crippen molar-refractivity contribution < 1.29 is 5.11 Å². The molecule has 0 fully saturated rings. The first-order valence-electron chi connectivity index (χ1n) is 8.85. The first-order chi connectivity index (χ1) is 12.5. The van der Waals surface area contributed by atoms with Crippen LogP contribution in [0.3, 0.4) is 0 Å². The quantitative estimate of drug-likeness (QED) is 0.517. The number of hydrogen-bond donors (Lipinski definition) is 1. The van der Waals surface area contributed by atoms with Crippen molar-refractivity contribution in [3.05, 3.63) is 101 Å². The number of hydrogen-bond acceptors (Lipinski definition) is 1. The van der Waals surface area contributed by atoms with Crippen LogP contribution in [0.15, 0.2) is 72.8 Å². The first-order valence-corrected chi connectivity index (χ1v) is 8.85. The summed E-state index contributed by atoms with van der Waals surface area (Å²) in [4.78, 5) is 0. The molecule has 26 heavy (non-hydrogen) atoms. The molecular weight excluding hydrogens is 316 g/mol. The van der Waals surface area contributed by atoms with Gasteiger partial charge in [0.1, 0.15) is 5.75 Å². The fraction of sp³-hybridized carbons (Fsp3) is 0.120. The van der Waals surface area contributed by atoms with Crippen LogP contribution < -0.4 is 0 Å². The SMILES string of the molecule is CC(=Cc1cc(C)cc(C=C(C)c2ccccc2)c1O)c1ccccc1. The van der Waals surface area contributed by atoms with E-state index in [0.717, 1.165) is 39.0 Å². The molecule has 130 valence electrons. The van der Waals surface area contributed by atoms with Gasteiger partial charge < -0.3 is 5.11 Å². The second-order valence-electron chi connectivity index (χ2n) is 6.68. The molecule has 0 aliphatic carbocycles. The van der Waals surface area contributed by atoms with Crippen LogP contribution in [0.25, 0.3) is 23.3 Å². The maximum atomic E-state index is 10.8. The maximum Gasteiger partial charge on any atom is 0.130 e. The van der Waals surface area contributed by atoms with Gasteiger partial charge in [0.2, 0.25) is 0 Å². The molecule has 0 aliphatic rings. The summed E-state index contributed by atoms with van der Waals surface area (Å²) in [5.74, 6) is 0.321. The van der Waals surface area contributed by atoms with Gasteiger partial charge in [0.15, 0.2) is 0 Å². The minimum Gasteiger partial charge on any atom is -0.507 e. The predicted octanol–water partition coefficient (Wildman–Crippen LogP) is 6.82. The summed E-state index contributed by atoms with van der Waals surface area (Å²) in [6.45, 7) is 6.20. The molecule has 3 aromatic carbocycles. The molecule has 1 N–H and O–H groups in total. The Hall–Kier alpha value is -3.06. The van der Waals surface area contributed by atoms with Gasteiger partial charge in [0.05, 0.1) is 0 Å². The lowest BCUT2D eigenvalue weighted by Gasteiger charge is -2.10. The predicted molar refractivity (Wildman–Crippen MR) is 113 cm³/mol. The Morgan fingerprint density at radius 2 is 1.08 bits per heavy atom. The summed E-state index contributed by atoms with van der Waals surface area (Å²) in [5, 5.41) is 10.8. The highest BCUT2D eigenvalue weighted by atomic mass is 16.3. The van der Waals surface area contributed by atoms with Gasteiger partial charge in [0, 0.05) is 11.1 Å². The highest BCUT2D eigenvalue weighted by molar-refractivity contribution is 5.87. The van der Waals surface area contributed by atoms with Gasteiger partial charge in [-0.25, -0.2) is 0 Å². The standard InChI is InChI=1S/C25H24O/c1-18-14-23(16-19(2)21-10-6-4-7-11-21)25(26)24(15-18)17-20(3)22-12-8-5-9-13-22/h4-17,26H,1-3H3. The molecule has 0 amide bonds. The molecular formula is C25H24O. The molecule has 3 rings (SSSR count). The number of aromatic hydroxyl groups is 1. The van der Waals surface area contributed by atoms with Crippen LogP contribution in [0, 0.1) is 6.92 Å². The van der Waals surface area contributed by atoms with E-state index in [1.807, 2.05) is 60.7 Å². The fourth-order valence-electron chi connectivity index (χ4n) is 3.09. The molecule has 0 saturated heterocycles. The molecule has 0 saturated carbocycles. The van der Waals surface area contributed by atoms with Gasteiger partial charge in [-0.2, -0.15) is 0 Å². The van der Waals surface area contributed by atoms with E-state index in [2.05, 4.69) is 45.0 Å². The van der Waals surface area contributed by atoms with Gasteiger partial charge in [0.25, 0.3) is 0 Å². The Labute approximate surface area is 156 Å². The van der Waals surface area contributed by atoms with Crippen molar-refractivity contribution in [2.24, 2.45) is 0 Å². The zero-order valence-corrected chi connectivity index (χ0v) is 15.5. The largest absolute Gasteiger partial charge is 0.507 e. The van der Waals surface area contributed by atoms with E-state index in [4.69, 9.17) is 0 Å². The summed E-state index contributed by atoms with van der Waals surface area (Å²) < 4.78 is 0. The van der Waals surface area contributed by atoms with Gasteiger partial charge in [-0.15, -0.1) is 0 Å². The fourth-order valence-corrected chi connectivity index (χ4v) is 3.09. The second kappa shape index (κ2) is 7.88. The van der Waals surface area contributed by atoms with Gasteiger partial charge in [-0.3, -0.25) is 0 Å². The number of benzene rings is 3. The molecule has 0 heterocycles. The smallest absolute Gasteiger partial charge is 0.130 e. The molecule has 0 atom stereocenters. The molecule has 3 aromatic rings. The van der Waals surface area contributed by atoms with Crippen molar-refractivity contribution in [1.29, 1.82) is 0 Å². The van der Waals surface area contributed by atoms with E-state index in [1.54, 1.807) is 0 Å². The summed E-state index contributed by atoms with van der Waals surface area (Å²) in [5.41, 5.74) is 7.39. The molecule has 0 unspecified atom stereocenters. The van der Waals surface area contributed by atoms with E-state index in [-0.39, 0.29) is 0 Å². The van der Waals surface area contributed by atoms with Crippen molar-refractivity contribution >= 4 is 23.3 Å². The normalized spacial score (nSPS) is 12.3. The minimum absolute atomic E-state index is 0.321. The number of aryl methyl sites for hydroxylation is 1. The number of phenolic OH excluding ortho intramolecular Hbond substituents is 1. The molecule has 0 spiro atoms. The van der Waals surface area contributed by atoms with Crippen LogP contribution >= 0.6 is 0 Å². The van der Waals surface area contributed by atoms with Crippen LogP contribution in [-0.2, 0) is 0 Å². The third kappa shape index (κ3) is 4.12. The summed E-state index contributed by atoms with van der Waals surface area (Å²) in [6.07, 6.45) is 4.10. The van der Waals surface area contributed by atoms with Crippen LogP contribution in [0.2, 0.25) is 0 Å². The third-order valence-electron chi connectivity index (χ3n) is 4.52. The number of rotatable bonds is 4. The van der Waals surface area contributed by atoms with E-state index >= 15 is 0 Å². The van der Waals surface area contributed by atoms with Gasteiger partial charge in [-0.1, -0.05) is 60.7 Å². The maximum absolute atomic E-state index is 10.8. The van der Waals surface area contributed by atoms with E-state index < -0.39 is 0 Å². The topological polar surface area (TPSA) is 20.2 Å². The summed E-state index contributed by atoms with van der Waals surface area (Å²) >= 11 is 0. The first kappa shape index (κ1) is 17.8. The monoisotopic (exact) mass is 340 g/mol. The number of phenols is 1. The van der Waals surface area contributed by atoms with Crippen molar-refractivity contribution in [3.8, 4) is 5.75 Å². The molecule has 1 heteroatoms. The highest BCUT2D eigenvalue weighted by Crippen LogP contribution is 2.31. The zero-order chi connectivity index (χ0) is 18.5.